The Morgan fingerprint density at radius 2 is 2.44 bits per heavy atom. The van der Waals surface area contributed by atoms with Gasteiger partial charge in [-0.1, -0.05) is 0 Å². The van der Waals surface area contributed by atoms with E-state index in [9.17, 15) is 10.1 Å². The number of nitrogens with one attached hydrogen (secondary N) is 2. The van der Waals surface area contributed by atoms with Crippen LogP contribution in [0.2, 0.25) is 0 Å². The van der Waals surface area contributed by atoms with E-state index in [1.54, 1.807) is 12.3 Å². The zero-order chi connectivity index (χ0) is 13.0. The number of hydrogen-bond donors (Lipinski definition) is 2. The SMILES string of the molecule is N#Cc1cc([N+](=O)[O-])cnc1NCc1ccn[nH]1. The van der Waals surface area contributed by atoms with Crippen LogP contribution >= 0.6 is 0 Å². The van der Waals surface area contributed by atoms with Crippen molar-refractivity contribution in [2.75, 3.05) is 5.32 Å². The monoisotopic (exact) mass is 244 g/mol. The van der Waals surface area contributed by atoms with Gasteiger partial charge in [0, 0.05) is 12.3 Å². The van der Waals surface area contributed by atoms with Crippen LogP contribution in [0.25, 0.3) is 0 Å². The van der Waals surface area contributed by atoms with Gasteiger partial charge in [0.1, 0.15) is 23.6 Å². The smallest absolute Gasteiger partial charge is 0.289 e. The van der Waals surface area contributed by atoms with E-state index in [1.807, 2.05) is 6.07 Å². The molecule has 0 aliphatic rings. The van der Waals surface area contributed by atoms with Gasteiger partial charge in [0.15, 0.2) is 0 Å². The summed E-state index contributed by atoms with van der Waals surface area (Å²) in [6, 6.07) is 4.82. The minimum absolute atomic E-state index is 0.128. The molecular weight excluding hydrogens is 236 g/mol. The van der Waals surface area contributed by atoms with Gasteiger partial charge in [-0.15, -0.1) is 0 Å². The third-order valence-corrected chi connectivity index (χ3v) is 2.21. The van der Waals surface area contributed by atoms with Crippen molar-refractivity contribution < 1.29 is 4.92 Å². The van der Waals surface area contributed by atoms with Crippen LogP contribution in [-0.4, -0.2) is 20.1 Å². The van der Waals surface area contributed by atoms with Crippen molar-refractivity contribution >= 4 is 11.5 Å². The van der Waals surface area contributed by atoms with Crippen LogP contribution in [0.3, 0.4) is 0 Å². The number of pyridine rings is 1. The number of H-pyrrole nitrogens is 1. The fourth-order valence-corrected chi connectivity index (χ4v) is 1.34. The van der Waals surface area contributed by atoms with Gasteiger partial charge in [-0.25, -0.2) is 4.98 Å². The Morgan fingerprint density at radius 3 is 3.06 bits per heavy atom. The molecule has 2 aromatic heterocycles. The molecule has 0 fully saturated rings. The van der Waals surface area contributed by atoms with E-state index in [-0.39, 0.29) is 11.3 Å². The van der Waals surface area contributed by atoms with E-state index in [1.165, 1.54) is 6.07 Å². The van der Waals surface area contributed by atoms with Crippen LogP contribution in [-0.2, 0) is 6.54 Å². The highest BCUT2D eigenvalue weighted by Gasteiger charge is 2.11. The number of aromatic amines is 1. The van der Waals surface area contributed by atoms with Crippen molar-refractivity contribution in [3.8, 4) is 6.07 Å². The number of anilines is 1. The second-order valence-corrected chi connectivity index (χ2v) is 3.39. The summed E-state index contributed by atoms with van der Waals surface area (Å²) in [5.41, 5.74) is 0.737. The van der Waals surface area contributed by atoms with E-state index in [0.29, 0.717) is 12.4 Å². The van der Waals surface area contributed by atoms with Gasteiger partial charge < -0.3 is 5.32 Å². The average Bonchev–Trinajstić information content (AvgIpc) is 2.89. The largest absolute Gasteiger partial charge is 0.363 e. The number of aromatic nitrogens is 3. The number of nitro groups is 1. The Bertz CT molecular complexity index is 601. The molecule has 2 aromatic rings. The molecule has 0 atom stereocenters. The third-order valence-electron chi connectivity index (χ3n) is 2.21. The second-order valence-electron chi connectivity index (χ2n) is 3.39. The first kappa shape index (κ1) is 11.5. The maximum atomic E-state index is 10.5. The molecule has 8 heteroatoms. The molecule has 0 radical (unpaired) electrons. The normalized spacial score (nSPS) is 9.72. The highest BCUT2D eigenvalue weighted by Crippen LogP contribution is 2.18. The summed E-state index contributed by atoms with van der Waals surface area (Å²) < 4.78 is 0. The molecule has 0 saturated carbocycles. The zero-order valence-corrected chi connectivity index (χ0v) is 9.12. The molecule has 0 aliphatic carbocycles. The van der Waals surface area contributed by atoms with Gasteiger partial charge in [0.05, 0.1) is 17.2 Å². The van der Waals surface area contributed by atoms with Gasteiger partial charge in [0.25, 0.3) is 5.69 Å². The van der Waals surface area contributed by atoms with Crippen molar-refractivity contribution in [2.24, 2.45) is 0 Å². The van der Waals surface area contributed by atoms with Gasteiger partial charge in [0.2, 0.25) is 0 Å². The standard InChI is InChI=1S/C10H8N6O2/c11-4-7-3-9(16(17)18)6-13-10(7)12-5-8-1-2-14-15-8/h1-3,6H,5H2,(H,12,13)(H,14,15). The molecule has 18 heavy (non-hydrogen) atoms. The first-order valence-corrected chi connectivity index (χ1v) is 4.97. The van der Waals surface area contributed by atoms with Crippen LogP contribution in [0.4, 0.5) is 11.5 Å². The van der Waals surface area contributed by atoms with Crippen molar-refractivity contribution in [2.45, 2.75) is 6.54 Å². The number of nitriles is 1. The number of nitrogens with zero attached hydrogens (tertiary/aromatic N) is 4. The summed E-state index contributed by atoms with van der Waals surface area (Å²) in [6.07, 6.45) is 2.71. The molecule has 2 N–H and O–H groups in total. The Balaban J connectivity index is 2.18. The van der Waals surface area contributed by atoms with E-state index >= 15 is 0 Å². The Morgan fingerprint density at radius 1 is 1.61 bits per heavy atom. The van der Waals surface area contributed by atoms with Crippen molar-refractivity contribution in [1.82, 2.24) is 15.2 Å². The lowest BCUT2D eigenvalue weighted by molar-refractivity contribution is -0.385. The maximum Gasteiger partial charge on any atom is 0.289 e. The van der Waals surface area contributed by atoms with Crippen molar-refractivity contribution in [3.05, 3.63) is 45.9 Å². The molecule has 2 heterocycles. The van der Waals surface area contributed by atoms with Crippen LogP contribution in [0.5, 0.6) is 0 Å². The fourth-order valence-electron chi connectivity index (χ4n) is 1.34. The lowest BCUT2D eigenvalue weighted by Crippen LogP contribution is -2.04. The fraction of sp³-hybridized carbons (Fsp3) is 0.100. The summed E-state index contributed by atoms with van der Waals surface area (Å²) in [4.78, 5) is 13.8. The quantitative estimate of drug-likeness (QED) is 0.615. The lowest BCUT2D eigenvalue weighted by atomic mass is 10.2. The number of hydrogen-bond acceptors (Lipinski definition) is 6. The molecular formula is C10H8N6O2. The van der Waals surface area contributed by atoms with Crippen LogP contribution in [0, 0.1) is 21.4 Å². The van der Waals surface area contributed by atoms with E-state index in [0.717, 1.165) is 11.9 Å². The van der Waals surface area contributed by atoms with E-state index in [4.69, 9.17) is 5.26 Å². The minimum atomic E-state index is -0.591. The average molecular weight is 244 g/mol. The van der Waals surface area contributed by atoms with Gasteiger partial charge >= 0.3 is 0 Å². The van der Waals surface area contributed by atoms with Gasteiger partial charge in [-0.2, -0.15) is 10.4 Å². The molecule has 0 unspecified atom stereocenters. The molecule has 0 spiro atoms. The molecule has 0 aliphatic heterocycles. The molecule has 0 aromatic carbocycles. The number of rotatable bonds is 4. The molecule has 2 rings (SSSR count). The predicted octanol–water partition coefficient (Wildman–Crippen LogP) is 1.20. The van der Waals surface area contributed by atoms with Gasteiger partial charge in [-0.05, 0) is 6.07 Å². The molecule has 8 nitrogen and oxygen atoms in total. The Hall–Kier alpha value is -2.95. The van der Waals surface area contributed by atoms with Crippen molar-refractivity contribution in [1.29, 1.82) is 5.26 Å². The topological polar surface area (TPSA) is 121 Å². The van der Waals surface area contributed by atoms with Gasteiger partial charge in [-0.3, -0.25) is 15.2 Å². The minimum Gasteiger partial charge on any atom is -0.363 e. The third kappa shape index (κ3) is 2.41. The Labute approximate surface area is 101 Å². The van der Waals surface area contributed by atoms with Crippen LogP contribution < -0.4 is 5.32 Å². The maximum absolute atomic E-state index is 10.5. The van der Waals surface area contributed by atoms with Crippen LogP contribution in [0.1, 0.15) is 11.3 Å². The van der Waals surface area contributed by atoms with Crippen LogP contribution in [0.15, 0.2) is 24.5 Å². The van der Waals surface area contributed by atoms with E-state index in [2.05, 4.69) is 20.5 Å². The highest BCUT2D eigenvalue weighted by atomic mass is 16.6. The molecule has 0 saturated heterocycles. The zero-order valence-electron chi connectivity index (χ0n) is 9.12. The summed E-state index contributed by atoms with van der Waals surface area (Å²) in [7, 11) is 0. The molecule has 90 valence electrons. The molecule has 0 amide bonds. The summed E-state index contributed by atoms with van der Waals surface area (Å²) >= 11 is 0. The van der Waals surface area contributed by atoms with Crippen molar-refractivity contribution in [3.63, 3.8) is 0 Å². The Kier molecular flexibility index (Phi) is 3.15. The first-order valence-electron chi connectivity index (χ1n) is 4.97. The highest BCUT2D eigenvalue weighted by molar-refractivity contribution is 5.55. The summed E-state index contributed by atoms with van der Waals surface area (Å²) in [5.74, 6) is 0.303. The summed E-state index contributed by atoms with van der Waals surface area (Å²) in [5, 5.41) is 28.9. The van der Waals surface area contributed by atoms with E-state index < -0.39 is 4.92 Å². The second kappa shape index (κ2) is 4.92. The molecule has 0 bridgehead atoms. The lowest BCUT2D eigenvalue weighted by Gasteiger charge is -2.05. The summed E-state index contributed by atoms with van der Waals surface area (Å²) in [6.45, 7) is 0.402. The first-order chi connectivity index (χ1) is 8.70. The predicted molar refractivity (Wildman–Crippen MR) is 61.5 cm³/mol.